The molecule has 0 radical (unpaired) electrons. The number of nitrogens with zero attached hydrogens (tertiary/aromatic N) is 2. The zero-order valence-electron chi connectivity index (χ0n) is 11.7. The van der Waals surface area contributed by atoms with Gasteiger partial charge in [-0.3, -0.25) is 4.79 Å². The van der Waals surface area contributed by atoms with Gasteiger partial charge in [0.25, 0.3) is 0 Å². The van der Waals surface area contributed by atoms with Crippen LogP contribution in [-0.2, 0) is 9.53 Å². The molecule has 0 saturated carbocycles. The highest BCUT2D eigenvalue weighted by atomic mass is 32.2. The van der Waals surface area contributed by atoms with E-state index in [9.17, 15) is 9.59 Å². The van der Waals surface area contributed by atoms with E-state index >= 15 is 0 Å². The molecule has 0 aromatic rings. The van der Waals surface area contributed by atoms with Crippen LogP contribution in [0, 0.1) is 5.92 Å². The summed E-state index contributed by atoms with van der Waals surface area (Å²) in [6.07, 6.45) is 2.96. The largest absolute Gasteiger partial charge is 0.481 e. The van der Waals surface area contributed by atoms with Gasteiger partial charge in [-0.15, -0.1) is 0 Å². The Hall–Kier alpha value is -0.950. The van der Waals surface area contributed by atoms with Gasteiger partial charge in [-0.1, -0.05) is 0 Å². The lowest BCUT2D eigenvalue weighted by Crippen LogP contribution is -2.49. The van der Waals surface area contributed by atoms with Crippen molar-refractivity contribution >= 4 is 23.8 Å². The summed E-state index contributed by atoms with van der Waals surface area (Å²) < 4.78 is 5.18. The van der Waals surface area contributed by atoms with Gasteiger partial charge in [0.05, 0.1) is 19.3 Å². The number of urea groups is 1. The Kier molecular flexibility index (Phi) is 6.44. The molecule has 2 unspecified atom stereocenters. The third-order valence-corrected chi connectivity index (χ3v) is 4.03. The normalized spacial score (nSPS) is 22.3. The van der Waals surface area contributed by atoms with Crippen LogP contribution in [0.4, 0.5) is 4.79 Å². The summed E-state index contributed by atoms with van der Waals surface area (Å²) in [5.74, 6) is -0.535. The van der Waals surface area contributed by atoms with Crippen molar-refractivity contribution in [2.24, 2.45) is 5.92 Å². The third-order valence-electron chi connectivity index (χ3n) is 3.34. The summed E-state index contributed by atoms with van der Waals surface area (Å²) in [4.78, 5) is 26.4. The van der Waals surface area contributed by atoms with Gasteiger partial charge in [0.2, 0.25) is 0 Å². The molecule has 0 aromatic heterocycles. The highest BCUT2D eigenvalue weighted by molar-refractivity contribution is 7.98. The van der Waals surface area contributed by atoms with Gasteiger partial charge >= 0.3 is 12.0 Å². The molecule has 110 valence electrons. The van der Waals surface area contributed by atoms with Crippen LogP contribution in [0.5, 0.6) is 0 Å². The second-order valence-electron chi connectivity index (χ2n) is 4.71. The molecule has 1 rings (SSSR count). The van der Waals surface area contributed by atoms with Crippen LogP contribution in [0.3, 0.4) is 0 Å². The van der Waals surface area contributed by atoms with Gasteiger partial charge in [-0.2, -0.15) is 11.8 Å². The van der Waals surface area contributed by atoms with Crippen LogP contribution in [-0.4, -0.2) is 78.8 Å². The van der Waals surface area contributed by atoms with Crippen molar-refractivity contribution in [3.05, 3.63) is 0 Å². The minimum atomic E-state index is -0.910. The summed E-state index contributed by atoms with van der Waals surface area (Å²) in [5, 5.41) is 9.09. The lowest BCUT2D eigenvalue weighted by atomic mass is 10.0. The average molecular weight is 290 g/mol. The summed E-state index contributed by atoms with van der Waals surface area (Å²) in [6, 6.07) is -0.532. The average Bonchev–Trinajstić information content (AvgIpc) is 2.86. The molecule has 2 atom stereocenters. The molecule has 1 aliphatic heterocycles. The van der Waals surface area contributed by atoms with Crippen LogP contribution in [0.15, 0.2) is 0 Å². The van der Waals surface area contributed by atoms with Crippen molar-refractivity contribution in [2.75, 3.05) is 45.9 Å². The predicted molar refractivity (Wildman–Crippen MR) is 74.5 cm³/mol. The number of amides is 2. The Balaban J connectivity index is 2.53. The van der Waals surface area contributed by atoms with Crippen molar-refractivity contribution < 1.29 is 19.4 Å². The fourth-order valence-electron chi connectivity index (χ4n) is 2.11. The number of likely N-dealkylation sites (N-methyl/N-ethyl adjacent to an activating group) is 1. The fourth-order valence-corrected chi connectivity index (χ4v) is 2.53. The van der Waals surface area contributed by atoms with Crippen molar-refractivity contribution in [3.63, 3.8) is 0 Å². The minimum Gasteiger partial charge on any atom is -0.481 e. The zero-order valence-corrected chi connectivity index (χ0v) is 12.5. The number of carboxylic acid groups (broad SMARTS) is 1. The Morgan fingerprint density at radius 2 is 2.05 bits per heavy atom. The number of thioether (sulfide) groups is 1. The fraction of sp³-hybridized carbons (Fsp3) is 0.833. The van der Waals surface area contributed by atoms with E-state index in [1.54, 1.807) is 30.8 Å². The Bertz CT molecular complexity index is 327. The van der Waals surface area contributed by atoms with Crippen molar-refractivity contribution in [3.8, 4) is 0 Å². The topological polar surface area (TPSA) is 70.1 Å². The molecule has 2 amide bonds. The maximum atomic E-state index is 12.2. The van der Waals surface area contributed by atoms with Gasteiger partial charge in [-0.05, 0) is 18.4 Å². The van der Waals surface area contributed by atoms with Gasteiger partial charge in [0.15, 0.2) is 0 Å². The van der Waals surface area contributed by atoms with Crippen LogP contribution in [0.1, 0.15) is 6.42 Å². The molecule has 0 aromatic carbocycles. The molecular formula is C12H22N2O4S. The van der Waals surface area contributed by atoms with Crippen molar-refractivity contribution in [1.82, 2.24) is 9.80 Å². The second-order valence-corrected chi connectivity index (χ2v) is 5.70. The van der Waals surface area contributed by atoms with E-state index in [4.69, 9.17) is 9.84 Å². The highest BCUT2D eigenvalue weighted by Gasteiger charge is 2.39. The number of ether oxygens (including phenoxy) is 1. The molecule has 1 N–H and O–H groups in total. The first-order valence-corrected chi connectivity index (χ1v) is 7.65. The van der Waals surface area contributed by atoms with E-state index in [1.165, 1.54) is 4.90 Å². The molecule has 19 heavy (non-hydrogen) atoms. The SMILES string of the molecule is CSCCCN(C)C(=O)N(C)C1COCC1C(=O)O. The number of carbonyl (C=O) groups excluding carboxylic acids is 1. The molecular weight excluding hydrogens is 268 g/mol. The molecule has 1 fully saturated rings. The van der Waals surface area contributed by atoms with Crippen LogP contribution in [0.2, 0.25) is 0 Å². The van der Waals surface area contributed by atoms with Gasteiger partial charge in [0.1, 0.15) is 5.92 Å². The molecule has 6 nitrogen and oxygen atoms in total. The number of hydrogen-bond acceptors (Lipinski definition) is 4. The summed E-state index contributed by atoms with van der Waals surface area (Å²) in [7, 11) is 3.38. The number of rotatable bonds is 6. The number of carbonyl (C=O) groups is 2. The summed E-state index contributed by atoms with van der Waals surface area (Å²) in [6.45, 7) is 1.14. The van der Waals surface area contributed by atoms with Gasteiger partial charge < -0.3 is 19.6 Å². The Morgan fingerprint density at radius 3 is 2.63 bits per heavy atom. The molecule has 0 bridgehead atoms. The highest BCUT2D eigenvalue weighted by Crippen LogP contribution is 2.20. The van der Waals surface area contributed by atoms with Crippen LogP contribution < -0.4 is 0 Å². The molecule has 0 aliphatic carbocycles. The lowest BCUT2D eigenvalue weighted by molar-refractivity contribution is -0.142. The third kappa shape index (κ3) is 4.28. The number of aliphatic carboxylic acids is 1. The van der Waals surface area contributed by atoms with E-state index in [2.05, 4.69) is 0 Å². The summed E-state index contributed by atoms with van der Waals surface area (Å²) >= 11 is 1.74. The van der Waals surface area contributed by atoms with E-state index in [1.807, 2.05) is 6.26 Å². The molecule has 1 heterocycles. The molecule has 0 spiro atoms. The maximum absolute atomic E-state index is 12.2. The van der Waals surface area contributed by atoms with Crippen LogP contribution in [0.25, 0.3) is 0 Å². The smallest absolute Gasteiger partial charge is 0.319 e. The van der Waals surface area contributed by atoms with Crippen molar-refractivity contribution in [2.45, 2.75) is 12.5 Å². The lowest BCUT2D eigenvalue weighted by Gasteiger charge is -2.30. The van der Waals surface area contributed by atoms with E-state index < -0.39 is 11.9 Å². The molecule has 1 aliphatic rings. The van der Waals surface area contributed by atoms with Crippen molar-refractivity contribution in [1.29, 1.82) is 0 Å². The van der Waals surface area contributed by atoms with E-state index in [0.29, 0.717) is 6.54 Å². The number of carboxylic acids is 1. The first-order chi connectivity index (χ1) is 8.99. The number of hydrogen-bond donors (Lipinski definition) is 1. The van der Waals surface area contributed by atoms with Gasteiger partial charge in [0, 0.05) is 20.6 Å². The standard InChI is InChI=1S/C12H22N2O4S/c1-13(5-4-6-19-3)12(17)14(2)10-8-18-7-9(10)11(15)16/h9-10H,4-8H2,1-3H3,(H,15,16). The van der Waals surface area contributed by atoms with Gasteiger partial charge in [-0.25, -0.2) is 4.79 Å². The van der Waals surface area contributed by atoms with E-state index in [0.717, 1.165) is 12.2 Å². The van der Waals surface area contributed by atoms with E-state index in [-0.39, 0.29) is 25.3 Å². The molecule has 1 saturated heterocycles. The second kappa shape index (κ2) is 7.59. The van der Waals surface area contributed by atoms with Crippen LogP contribution >= 0.6 is 11.8 Å². The quantitative estimate of drug-likeness (QED) is 0.734. The Labute approximate surface area is 118 Å². The first-order valence-electron chi connectivity index (χ1n) is 6.26. The minimum absolute atomic E-state index is 0.150. The predicted octanol–water partition coefficient (Wildman–Crippen LogP) is 0.823. The zero-order chi connectivity index (χ0) is 14.4. The molecule has 7 heteroatoms. The first kappa shape index (κ1) is 16.1. The summed E-state index contributed by atoms with van der Waals surface area (Å²) in [5.41, 5.74) is 0. The Morgan fingerprint density at radius 1 is 1.37 bits per heavy atom. The maximum Gasteiger partial charge on any atom is 0.319 e. The monoisotopic (exact) mass is 290 g/mol.